The number of hydrogen-bond donors (Lipinski definition) is 1. The molecule has 3 aromatic rings. The average molecular weight is 605 g/mol. The summed E-state index contributed by atoms with van der Waals surface area (Å²) < 4.78 is 26.8. The van der Waals surface area contributed by atoms with Gasteiger partial charge in [-0.15, -0.1) is 0 Å². The molecule has 1 N–H and O–H groups in total. The molecule has 0 saturated carbocycles. The molecule has 3 aromatic carbocycles. The minimum atomic E-state index is -3.84. The predicted molar refractivity (Wildman–Crippen MR) is 162 cm³/mol. The molecule has 1 unspecified atom stereocenters. The predicted octanol–water partition coefficient (Wildman–Crippen LogP) is 5.62. The summed E-state index contributed by atoms with van der Waals surface area (Å²) in [5.74, 6) is -0.894. The number of hydrogen-bond acceptors (Lipinski definition) is 4. The molecule has 40 heavy (non-hydrogen) atoms. The molecule has 0 radical (unpaired) electrons. The van der Waals surface area contributed by atoms with Crippen molar-refractivity contribution in [2.45, 2.75) is 52.2 Å². The molecule has 3 rings (SSSR count). The fourth-order valence-corrected chi connectivity index (χ4v) is 5.40. The number of sulfonamides is 1. The first-order valence-electron chi connectivity index (χ1n) is 12.8. The standard InChI is InChI=1S/C30H35Cl2N3O4S/c1-21-10-9-13-24(16-21)35(40(5,38)39)20-28(36)34(19-23-14-15-25(31)26(32)17-23)27(29(37)33-30(2,3)4)18-22-11-7-6-8-12-22/h6-17,27H,18-20H2,1-5H3,(H,33,37). The second-order valence-corrected chi connectivity index (χ2v) is 13.5. The van der Waals surface area contributed by atoms with Crippen LogP contribution in [0.1, 0.15) is 37.5 Å². The van der Waals surface area contributed by atoms with Crippen molar-refractivity contribution in [2.24, 2.45) is 0 Å². The van der Waals surface area contributed by atoms with Gasteiger partial charge in [-0.2, -0.15) is 0 Å². The third kappa shape index (κ3) is 8.98. The van der Waals surface area contributed by atoms with Gasteiger partial charge in [0.05, 0.1) is 22.0 Å². The van der Waals surface area contributed by atoms with Gasteiger partial charge in [0.25, 0.3) is 0 Å². The van der Waals surface area contributed by atoms with Crippen molar-refractivity contribution in [1.29, 1.82) is 0 Å². The molecule has 0 heterocycles. The van der Waals surface area contributed by atoms with Crippen molar-refractivity contribution in [3.63, 3.8) is 0 Å². The van der Waals surface area contributed by atoms with Gasteiger partial charge < -0.3 is 10.2 Å². The number of carbonyl (C=O) groups is 2. The number of nitrogens with zero attached hydrogens (tertiary/aromatic N) is 2. The maximum absolute atomic E-state index is 14.1. The Bertz CT molecular complexity index is 1460. The summed E-state index contributed by atoms with van der Waals surface area (Å²) in [4.78, 5) is 29.2. The molecular formula is C30H35Cl2N3O4S. The first-order chi connectivity index (χ1) is 18.6. The van der Waals surface area contributed by atoms with Crippen LogP contribution in [0, 0.1) is 6.92 Å². The van der Waals surface area contributed by atoms with Crippen molar-refractivity contribution in [3.8, 4) is 0 Å². The van der Waals surface area contributed by atoms with E-state index in [0.717, 1.165) is 21.7 Å². The van der Waals surface area contributed by atoms with E-state index in [9.17, 15) is 18.0 Å². The van der Waals surface area contributed by atoms with Crippen LogP contribution in [0.25, 0.3) is 0 Å². The normalized spacial score (nSPS) is 12.5. The Morgan fingerprint density at radius 1 is 0.900 bits per heavy atom. The molecule has 0 aliphatic carbocycles. The van der Waals surface area contributed by atoms with E-state index < -0.39 is 34.1 Å². The number of amides is 2. The van der Waals surface area contributed by atoms with Crippen LogP contribution in [0.3, 0.4) is 0 Å². The van der Waals surface area contributed by atoms with Crippen LogP contribution < -0.4 is 9.62 Å². The van der Waals surface area contributed by atoms with E-state index in [-0.39, 0.29) is 18.9 Å². The van der Waals surface area contributed by atoms with Gasteiger partial charge in [0.2, 0.25) is 21.8 Å². The fraction of sp³-hybridized carbons (Fsp3) is 0.333. The van der Waals surface area contributed by atoms with Gasteiger partial charge in [-0.25, -0.2) is 8.42 Å². The van der Waals surface area contributed by atoms with Crippen LogP contribution in [-0.4, -0.2) is 49.5 Å². The molecular weight excluding hydrogens is 569 g/mol. The lowest BCUT2D eigenvalue weighted by molar-refractivity contribution is -0.140. The number of benzene rings is 3. The van der Waals surface area contributed by atoms with Crippen molar-refractivity contribution in [1.82, 2.24) is 10.2 Å². The molecule has 7 nitrogen and oxygen atoms in total. The molecule has 0 saturated heterocycles. The maximum atomic E-state index is 14.1. The Morgan fingerprint density at radius 2 is 1.57 bits per heavy atom. The van der Waals surface area contributed by atoms with Gasteiger partial charge in [-0.1, -0.05) is 71.7 Å². The Morgan fingerprint density at radius 3 is 2.15 bits per heavy atom. The summed E-state index contributed by atoms with van der Waals surface area (Å²) >= 11 is 12.4. The summed E-state index contributed by atoms with van der Waals surface area (Å²) in [6.07, 6.45) is 1.28. The first kappa shape index (κ1) is 31.5. The third-order valence-corrected chi connectivity index (χ3v) is 7.95. The van der Waals surface area contributed by atoms with E-state index in [2.05, 4.69) is 5.32 Å². The maximum Gasteiger partial charge on any atom is 0.244 e. The highest BCUT2D eigenvalue weighted by Crippen LogP contribution is 2.25. The highest BCUT2D eigenvalue weighted by Gasteiger charge is 2.34. The third-order valence-electron chi connectivity index (χ3n) is 6.08. The van der Waals surface area contributed by atoms with E-state index in [4.69, 9.17) is 23.2 Å². The van der Waals surface area contributed by atoms with E-state index >= 15 is 0 Å². The zero-order valence-electron chi connectivity index (χ0n) is 23.3. The number of anilines is 1. The lowest BCUT2D eigenvalue weighted by Gasteiger charge is -2.35. The number of aryl methyl sites for hydroxylation is 1. The molecule has 2 amide bonds. The molecule has 10 heteroatoms. The minimum absolute atomic E-state index is 0.0101. The lowest BCUT2D eigenvalue weighted by atomic mass is 10.0. The average Bonchev–Trinajstić information content (AvgIpc) is 2.85. The van der Waals surface area contributed by atoms with Gasteiger partial charge in [0.15, 0.2) is 0 Å². The van der Waals surface area contributed by atoms with Crippen LogP contribution in [-0.2, 0) is 32.6 Å². The largest absolute Gasteiger partial charge is 0.350 e. The van der Waals surface area contributed by atoms with Gasteiger partial charge in [0.1, 0.15) is 12.6 Å². The van der Waals surface area contributed by atoms with E-state index in [1.165, 1.54) is 4.90 Å². The van der Waals surface area contributed by atoms with Gasteiger partial charge in [-0.3, -0.25) is 13.9 Å². The zero-order chi connectivity index (χ0) is 29.7. The molecule has 1 atom stereocenters. The number of rotatable bonds is 10. The first-order valence-corrected chi connectivity index (χ1v) is 15.4. The van der Waals surface area contributed by atoms with Gasteiger partial charge in [0, 0.05) is 18.5 Å². The summed E-state index contributed by atoms with van der Waals surface area (Å²) in [6, 6.07) is 20.3. The lowest BCUT2D eigenvalue weighted by Crippen LogP contribution is -2.56. The summed E-state index contributed by atoms with van der Waals surface area (Å²) in [6.45, 7) is 6.94. The molecule has 214 valence electrons. The quantitative estimate of drug-likeness (QED) is 0.326. The molecule has 0 spiro atoms. The Labute approximate surface area is 247 Å². The van der Waals surface area contributed by atoms with Crippen molar-refractivity contribution in [3.05, 3.63) is 99.5 Å². The van der Waals surface area contributed by atoms with Gasteiger partial charge >= 0.3 is 0 Å². The summed E-state index contributed by atoms with van der Waals surface area (Å²) in [7, 11) is -3.84. The minimum Gasteiger partial charge on any atom is -0.350 e. The Hall–Kier alpha value is -3.07. The van der Waals surface area contributed by atoms with Crippen LogP contribution in [0.5, 0.6) is 0 Å². The zero-order valence-corrected chi connectivity index (χ0v) is 25.6. The van der Waals surface area contributed by atoms with Crippen LogP contribution in [0.15, 0.2) is 72.8 Å². The highest BCUT2D eigenvalue weighted by atomic mass is 35.5. The van der Waals surface area contributed by atoms with E-state index in [0.29, 0.717) is 21.3 Å². The Balaban J connectivity index is 2.09. The van der Waals surface area contributed by atoms with Crippen LogP contribution in [0.2, 0.25) is 10.0 Å². The molecule has 0 aliphatic heterocycles. The summed E-state index contributed by atoms with van der Waals surface area (Å²) in [5.41, 5.74) is 2.14. The number of nitrogens with one attached hydrogen (secondary N) is 1. The van der Waals surface area contributed by atoms with E-state index in [1.54, 1.807) is 36.4 Å². The topological polar surface area (TPSA) is 86.8 Å². The van der Waals surface area contributed by atoms with Crippen molar-refractivity contribution >= 4 is 50.7 Å². The highest BCUT2D eigenvalue weighted by molar-refractivity contribution is 7.92. The monoisotopic (exact) mass is 603 g/mol. The molecule has 0 aliphatic rings. The SMILES string of the molecule is Cc1cccc(N(CC(=O)N(Cc2ccc(Cl)c(Cl)c2)C(Cc2ccccc2)C(=O)NC(C)(C)C)S(C)(=O)=O)c1. The van der Waals surface area contributed by atoms with Crippen LogP contribution in [0.4, 0.5) is 5.69 Å². The fourth-order valence-electron chi connectivity index (χ4n) is 4.24. The van der Waals surface area contributed by atoms with E-state index in [1.807, 2.05) is 64.1 Å². The molecule has 0 bridgehead atoms. The second-order valence-electron chi connectivity index (χ2n) is 10.8. The summed E-state index contributed by atoms with van der Waals surface area (Å²) in [5, 5.41) is 3.66. The van der Waals surface area contributed by atoms with Crippen molar-refractivity contribution in [2.75, 3.05) is 17.1 Å². The van der Waals surface area contributed by atoms with Gasteiger partial charge in [-0.05, 0) is 68.7 Å². The molecule has 0 aromatic heterocycles. The number of carbonyl (C=O) groups excluding carboxylic acids is 2. The Kier molecular flexibility index (Phi) is 10.3. The molecule has 0 fully saturated rings. The number of halogens is 2. The van der Waals surface area contributed by atoms with Crippen molar-refractivity contribution < 1.29 is 18.0 Å². The van der Waals surface area contributed by atoms with Crippen LogP contribution >= 0.6 is 23.2 Å². The smallest absolute Gasteiger partial charge is 0.244 e. The second kappa shape index (κ2) is 13.1.